The van der Waals surface area contributed by atoms with Crippen molar-refractivity contribution in [1.82, 2.24) is 4.90 Å². The van der Waals surface area contributed by atoms with Crippen LogP contribution in [0.15, 0.2) is 0 Å². The van der Waals surface area contributed by atoms with Gasteiger partial charge in [-0.3, -0.25) is 4.79 Å². The molecule has 1 saturated heterocycles. The number of aliphatic carboxylic acids is 1. The summed E-state index contributed by atoms with van der Waals surface area (Å²) < 4.78 is 5.38. The standard InChI is InChI=1S/C15H25NO4/c1-14(2,3)20-13(19)16-9-11(12(17)18)15(10-16)7-5-4-6-8-15/h11H,4-10H2,1-3H3,(H,17,18)/t11-/m1/s1. The van der Waals surface area contributed by atoms with E-state index in [4.69, 9.17) is 4.74 Å². The van der Waals surface area contributed by atoms with Crippen LogP contribution in [-0.2, 0) is 9.53 Å². The molecule has 0 aromatic rings. The molecule has 1 aliphatic heterocycles. The van der Waals surface area contributed by atoms with Gasteiger partial charge >= 0.3 is 12.1 Å². The molecular formula is C15H25NO4. The summed E-state index contributed by atoms with van der Waals surface area (Å²) in [6.07, 6.45) is 4.72. The highest BCUT2D eigenvalue weighted by molar-refractivity contribution is 5.75. The Kier molecular flexibility index (Phi) is 3.98. The lowest BCUT2D eigenvalue weighted by Crippen LogP contribution is -2.38. The van der Waals surface area contributed by atoms with Gasteiger partial charge in [0.2, 0.25) is 0 Å². The Morgan fingerprint density at radius 1 is 1.20 bits per heavy atom. The average Bonchev–Trinajstić information content (AvgIpc) is 2.67. The molecule has 0 radical (unpaired) electrons. The number of hydrogen-bond acceptors (Lipinski definition) is 3. The molecule has 1 aliphatic carbocycles. The first-order chi connectivity index (χ1) is 9.23. The number of hydrogen-bond donors (Lipinski definition) is 1. The number of nitrogens with zero attached hydrogens (tertiary/aromatic N) is 1. The van der Waals surface area contributed by atoms with Crippen molar-refractivity contribution in [1.29, 1.82) is 0 Å². The maximum absolute atomic E-state index is 12.2. The predicted octanol–water partition coefficient (Wildman–Crippen LogP) is 2.89. The smallest absolute Gasteiger partial charge is 0.410 e. The SMILES string of the molecule is CC(C)(C)OC(=O)N1C[C@H](C(=O)O)C2(CCCCC2)C1. The molecule has 0 aromatic heterocycles. The Bertz CT molecular complexity index is 393. The van der Waals surface area contributed by atoms with Gasteiger partial charge in [-0.2, -0.15) is 0 Å². The monoisotopic (exact) mass is 283 g/mol. The summed E-state index contributed by atoms with van der Waals surface area (Å²) in [4.78, 5) is 25.3. The highest BCUT2D eigenvalue weighted by Gasteiger charge is 2.52. The molecule has 1 spiro atoms. The fraction of sp³-hybridized carbons (Fsp3) is 0.867. The van der Waals surface area contributed by atoms with Crippen molar-refractivity contribution in [2.24, 2.45) is 11.3 Å². The number of likely N-dealkylation sites (tertiary alicyclic amines) is 1. The van der Waals surface area contributed by atoms with E-state index in [0.717, 1.165) is 25.7 Å². The third-order valence-electron chi connectivity index (χ3n) is 4.45. The lowest BCUT2D eigenvalue weighted by Gasteiger charge is -2.36. The maximum Gasteiger partial charge on any atom is 0.410 e. The molecule has 20 heavy (non-hydrogen) atoms. The highest BCUT2D eigenvalue weighted by atomic mass is 16.6. The van der Waals surface area contributed by atoms with E-state index < -0.39 is 17.5 Å². The first-order valence-electron chi connectivity index (χ1n) is 7.44. The molecule has 2 rings (SSSR count). The zero-order valence-electron chi connectivity index (χ0n) is 12.6. The third-order valence-corrected chi connectivity index (χ3v) is 4.45. The average molecular weight is 283 g/mol. The summed E-state index contributed by atoms with van der Waals surface area (Å²) in [7, 11) is 0. The van der Waals surface area contributed by atoms with Crippen molar-refractivity contribution in [3.05, 3.63) is 0 Å². The van der Waals surface area contributed by atoms with Gasteiger partial charge in [0.05, 0.1) is 5.92 Å². The van der Waals surface area contributed by atoms with E-state index in [0.29, 0.717) is 6.54 Å². The van der Waals surface area contributed by atoms with E-state index in [1.54, 1.807) is 4.90 Å². The first kappa shape index (κ1) is 15.1. The van der Waals surface area contributed by atoms with Crippen LogP contribution in [0.2, 0.25) is 0 Å². The summed E-state index contributed by atoms with van der Waals surface area (Å²) >= 11 is 0. The molecule has 5 nitrogen and oxygen atoms in total. The van der Waals surface area contributed by atoms with Gasteiger partial charge in [-0.15, -0.1) is 0 Å². The largest absolute Gasteiger partial charge is 0.481 e. The van der Waals surface area contributed by atoms with E-state index in [9.17, 15) is 14.7 Å². The van der Waals surface area contributed by atoms with E-state index >= 15 is 0 Å². The third kappa shape index (κ3) is 3.07. The topological polar surface area (TPSA) is 66.8 Å². The van der Waals surface area contributed by atoms with Gasteiger partial charge in [-0.25, -0.2) is 4.79 Å². The van der Waals surface area contributed by atoms with Crippen molar-refractivity contribution in [3.8, 4) is 0 Å². The number of carbonyl (C=O) groups is 2. The number of carboxylic acids is 1. The normalized spacial score (nSPS) is 25.8. The van der Waals surface area contributed by atoms with Crippen molar-refractivity contribution >= 4 is 12.1 Å². The van der Waals surface area contributed by atoms with E-state index in [1.807, 2.05) is 20.8 Å². The molecule has 1 amide bonds. The fourth-order valence-electron chi connectivity index (χ4n) is 3.54. The summed E-state index contributed by atoms with van der Waals surface area (Å²) in [6.45, 7) is 6.28. The molecule has 1 N–H and O–H groups in total. The van der Waals surface area contributed by atoms with Crippen LogP contribution in [0.5, 0.6) is 0 Å². The molecule has 5 heteroatoms. The van der Waals surface area contributed by atoms with Crippen molar-refractivity contribution in [2.75, 3.05) is 13.1 Å². The van der Waals surface area contributed by atoms with Crippen LogP contribution in [0, 0.1) is 11.3 Å². The van der Waals surface area contributed by atoms with Gasteiger partial charge in [0.1, 0.15) is 5.60 Å². The van der Waals surface area contributed by atoms with Crippen molar-refractivity contribution < 1.29 is 19.4 Å². The first-order valence-corrected chi connectivity index (χ1v) is 7.44. The number of carboxylic acid groups (broad SMARTS) is 1. The Balaban J connectivity index is 2.12. The minimum atomic E-state index is -0.780. The molecule has 1 atom stereocenters. The van der Waals surface area contributed by atoms with Crippen molar-refractivity contribution in [2.45, 2.75) is 58.5 Å². The summed E-state index contributed by atoms with van der Waals surface area (Å²) in [5, 5.41) is 9.48. The van der Waals surface area contributed by atoms with Gasteiger partial charge in [0.25, 0.3) is 0 Å². The Labute approximate surface area is 120 Å². The van der Waals surface area contributed by atoms with Gasteiger partial charge in [-0.1, -0.05) is 19.3 Å². The lowest BCUT2D eigenvalue weighted by atomic mass is 9.68. The fourth-order valence-corrected chi connectivity index (χ4v) is 3.54. The maximum atomic E-state index is 12.2. The number of carbonyl (C=O) groups excluding carboxylic acids is 1. The second-order valence-electron chi connectivity index (χ2n) is 7.17. The summed E-state index contributed by atoms with van der Waals surface area (Å²) in [5.74, 6) is -1.23. The minimum absolute atomic E-state index is 0.235. The summed E-state index contributed by atoms with van der Waals surface area (Å²) in [5.41, 5.74) is -0.779. The van der Waals surface area contributed by atoms with Crippen LogP contribution in [0.4, 0.5) is 4.79 Å². The van der Waals surface area contributed by atoms with Gasteiger partial charge in [-0.05, 0) is 33.6 Å². The molecular weight excluding hydrogens is 258 g/mol. The number of ether oxygens (including phenoxy) is 1. The van der Waals surface area contributed by atoms with Gasteiger partial charge < -0.3 is 14.7 Å². The molecule has 0 bridgehead atoms. The molecule has 0 aromatic carbocycles. The molecule has 1 heterocycles. The number of rotatable bonds is 1. The van der Waals surface area contributed by atoms with Crippen LogP contribution < -0.4 is 0 Å². The molecule has 2 aliphatic rings. The van der Waals surface area contributed by atoms with Gasteiger partial charge in [0, 0.05) is 18.5 Å². The Morgan fingerprint density at radius 3 is 2.30 bits per heavy atom. The van der Waals surface area contributed by atoms with E-state index in [-0.39, 0.29) is 18.1 Å². The van der Waals surface area contributed by atoms with Crippen LogP contribution in [0.1, 0.15) is 52.9 Å². The quantitative estimate of drug-likeness (QED) is 0.803. The van der Waals surface area contributed by atoms with Crippen LogP contribution in [0.3, 0.4) is 0 Å². The molecule has 1 saturated carbocycles. The van der Waals surface area contributed by atoms with E-state index in [1.165, 1.54) is 6.42 Å². The van der Waals surface area contributed by atoms with E-state index in [2.05, 4.69) is 0 Å². The molecule has 2 fully saturated rings. The van der Waals surface area contributed by atoms with Crippen molar-refractivity contribution in [3.63, 3.8) is 0 Å². The second-order valence-corrected chi connectivity index (χ2v) is 7.17. The minimum Gasteiger partial charge on any atom is -0.481 e. The van der Waals surface area contributed by atoms with Crippen LogP contribution in [-0.4, -0.2) is 40.8 Å². The summed E-state index contributed by atoms with van der Waals surface area (Å²) in [6, 6.07) is 0. The Hall–Kier alpha value is -1.26. The zero-order valence-corrected chi connectivity index (χ0v) is 12.6. The molecule has 114 valence electrons. The van der Waals surface area contributed by atoms with Crippen LogP contribution in [0.25, 0.3) is 0 Å². The molecule has 0 unspecified atom stereocenters. The zero-order chi connectivity index (χ0) is 15.0. The predicted molar refractivity (Wildman–Crippen MR) is 74.5 cm³/mol. The highest BCUT2D eigenvalue weighted by Crippen LogP contribution is 2.47. The van der Waals surface area contributed by atoms with Gasteiger partial charge in [0.15, 0.2) is 0 Å². The Morgan fingerprint density at radius 2 is 1.80 bits per heavy atom. The second kappa shape index (κ2) is 5.26. The lowest BCUT2D eigenvalue weighted by molar-refractivity contribution is -0.145. The number of amides is 1. The van der Waals surface area contributed by atoms with Crippen LogP contribution >= 0.6 is 0 Å².